The fraction of sp³-hybridized carbons (Fsp3) is 0.429. The summed E-state index contributed by atoms with van der Waals surface area (Å²) in [7, 11) is 1.45. The summed E-state index contributed by atoms with van der Waals surface area (Å²) in [5, 5.41) is 24.8. The highest BCUT2D eigenvalue weighted by Gasteiger charge is 2.05. The smallest absolute Gasteiger partial charge is 0.238 e. The van der Waals surface area contributed by atoms with Crippen molar-refractivity contribution >= 4 is 0 Å². The quantitative estimate of drug-likeness (QED) is 0.637. The van der Waals surface area contributed by atoms with Gasteiger partial charge < -0.3 is 14.9 Å². The predicted molar refractivity (Wildman–Crippen MR) is 40.4 cm³/mol. The summed E-state index contributed by atoms with van der Waals surface area (Å²) in [6, 6.07) is 1.55. The van der Waals surface area contributed by atoms with Crippen LogP contribution >= 0.6 is 0 Å². The zero-order chi connectivity index (χ0) is 8.97. The second-order valence-electron chi connectivity index (χ2n) is 2.19. The van der Waals surface area contributed by atoms with Crippen LogP contribution in [0.1, 0.15) is 11.3 Å². The van der Waals surface area contributed by atoms with Crippen molar-refractivity contribution in [2.24, 2.45) is 0 Å². The molecule has 12 heavy (non-hydrogen) atoms. The lowest BCUT2D eigenvalue weighted by Gasteiger charge is -2.04. The highest BCUT2D eigenvalue weighted by Crippen LogP contribution is 2.13. The van der Waals surface area contributed by atoms with Gasteiger partial charge in [0.15, 0.2) is 0 Å². The zero-order valence-electron chi connectivity index (χ0n) is 6.69. The number of ether oxygens (including phenoxy) is 1. The molecular weight excluding hydrogens is 160 g/mol. The number of nitrogens with zero attached hydrogens (tertiary/aromatic N) is 2. The first-order valence-electron chi connectivity index (χ1n) is 3.43. The summed E-state index contributed by atoms with van der Waals surface area (Å²) in [5.74, 6) is 0.287. The van der Waals surface area contributed by atoms with Crippen LogP contribution in [0, 0.1) is 0 Å². The lowest BCUT2D eigenvalue weighted by molar-refractivity contribution is 0.261. The lowest BCUT2D eigenvalue weighted by Crippen LogP contribution is -2.00. The number of hydrogen-bond donors (Lipinski definition) is 2. The van der Waals surface area contributed by atoms with Gasteiger partial charge in [-0.25, -0.2) is 0 Å². The third kappa shape index (κ3) is 1.69. The van der Waals surface area contributed by atoms with Crippen molar-refractivity contribution in [2.45, 2.75) is 13.2 Å². The van der Waals surface area contributed by atoms with Crippen LogP contribution in [0.3, 0.4) is 0 Å². The fourth-order valence-corrected chi connectivity index (χ4v) is 0.828. The summed E-state index contributed by atoms with van der Waals surface area (Å²) in [6.45, 7) is -0.365. The van der Waals surface area contributed by atoms with Crippen LogP contribution in [0.4, 0.5) is 0 Å². The summed E-state index contributed by atoms with van der Waals surface area (Å²) >= 11 is 0. The molecule has 0 fully saturated rings. The first-order chi connectivity index (χ1) is 5.81. The van der Waals surface area contributed by atoms with Crippen LogP contribution in [-0.2, 0) is 13.2 Å². The SMILES string of the molecule is COc1nnc(CO)cc1CO. The van der Waals surface area contributed by atoms with E-state index >= 15 is 0 Å². The second-order valence-corrected chi connectivity index (χ2v) is 2.19. The molecule has 0 unspecified atom stereocenters. The standard InChI is InChI=1S/C7H10N2O3/c1-12-7-5(3-10)2-6(4-11)8-9-7/h2,10-11H,3-4H2,1H3. The summed E-state index contributed by atoms with van der Waals surface area (Å²) in [6.07, 6.45) is 0. The van der Waals surface area contributed by atoms with Gasteiger partial charge in [-0.3, -0.25) is 0 Å². The Labute approximate surface area is 69.6 Å². The number of methoxy groups -OCH3 is 1. The molecule has 1 heterocycles. The predicted octanol–water partition coefficient (Wildman–Crippen LogP) is -0.530. The molecule has 0 atom stereocenters. The van der Waals surface area contributed by atoms with Crippen LogP contribution in [-0.4, -0.2) is 27.5 Å². The van der Waals surface area contributed by atoms with Crippen LogP contribution in [0.5, 0.6) is 5.88 Å². The van der Waals surface area contributed by atoms with E-state index in [-0.39, 0.29) is 19.1 Å². The normalized spacial score (nSPS) is 9.92. The Morgan fingerprint density at radius 1 is 1.33 bits per heavy atom. The van der Waals surface area contributed by atoms with E-state index in [0.717, 1.165) is 0 Å². The molecule has 0 amide bonds. The summed E-state index contributed by atoms with van der Waals surface area (Å²) < 4.78 is 4.82. The molecule has 5 nitrogen and oxygen atoms in total. The third-order valence-electron chi connectivity index (χ3n) is 1.41. The highest BCUT2D eigenvalue weighted by atomic mass is 16.5. The van der Waals surface area contributed by atoms with Gasteiger partial charge in [-0.15, -0.1) is 10.2 Å². The van der Waals surface area contributed by atoms with Gasteiger partial charge in [0.2, 0.25) is 5.88 Å². The first-order valence-corrected chi connectivity index (χ1v) is 3.43. The van der Waals surface area contributed by atoms with E-state index in [1.54, 1.807) is 6.07 Å². The maximum atomic E-state index is 8.84. The van der Waals surface area contributed by atoms with Gasteiger partial charge >= 0.3 is 0 Å². The molecule has 0 aliphatic carbocycles. The van der Waals surface area contributed by atoms with Gasteiger partial charge in [0, 0.05) is 5.56 Å². The molecule has 5 heteroatoms. The maximum absolute atomic E-state index is 8.84. The van der Waals surface area contributed by atoms with Gasteiger partial charge in [0.25, 0.3) is 0 Å². The highest BCUT2D eigenvalue weighted by molar-refractivity contribution is 5.25. The van der Waals surface area contributed by atoms with E-state index in [0.29, 0.717) is 11.3 Å². The van der Waals surface area contributed by atoms with Crippen LogP contribution < -0.4 is 4.74 Å². The molecule has 0 aromatic carbocycles. The second kappa shape index (κ2) is 3.99. The van der Waals surface area contributed by atoms with E-state index in [4.69, 9.17) is 14.9 Å². The molecule has 2 N–H and O–H groups in total. The molecule has 1 aromatic heterocycles. The Morgan fingerprint density at radius 2 is 2.08 bits per heavy atom. The van der Waals surface area contributed by atoms with Crippen molar-refractivity contribution in [1.82, 2.24) is 10.2 Å². The van der Waals surface area contributed by atoms with Crippen molar-refractivity contribution < 1.29 is 14.9 Å². The molecule has 0 aliphatic rings. The number of aliphatic hydroxyl groups is 2. The van der Waals surface area contributed by atoms with Gasteiger partial charge in [-0.05, 0) is 6.07 Å². The molecule has 0 bridgehead atoms. The van der Waals surface area contributed by atoms with Crippen LogP contribution in [0.15, 0.2) is 6.07 Å². The van der Waals surface area contributed by atoms with Crippen molar-refractivity contribution in [3.05, 3.63) is 17.3 Å². The molecule has 0 radical (unpaired) electrons. The number of aliphatic hydroxyl groups excluding tert-OH is 2. The van der Waals surface area contributed by atoms with E-state index in [2.05, 4.69) is 10.2 Å². The lowest BCUT2D eigenvalue weighted by atomic mass is 10.2. The molecule has 0 saturated carbocycles. The number of rotatable bonds is 3. The molecule has 0 aliphatic heterocycles. The monoisotopic (exact) mass is 170 g/mol. The van der Waals surface area contributed by atoms with Crippen molar-refractivity contribution in [2.75, 3.05) is 7.11 Å². The van der Waals surface area contributed by atoms with E-state index in [1.807, 2.05) is 0 Å². The van der Waals surface area contributed by atoms with Crippen LogP contribution in [0.25, 0.3) is 0 Å². The average molecular weight is 170 g/mol. The van der Waals surface area contributed by atoms with E-state index < -0.39 is 0 Å². The van der Waals surface area contributed by atoms with E-state index in [1.165, 1.54) is 7.11 Å². The van der Waals surface area contributed by atoms with Crippen molar-refractivity contribution in [3.8, 4) is 5.88 Å². The topological polar surface area (TPSA) is 75.5 Å². The Kier molecular flexibility index (Phi) is 2.95. The summed E-state index contributed by atoms with van der Waals surface area (Å²) in [5.41, 5.74) is 0.941. The molecule has 66 valence electrons. The van der Waals surface area contributed by atoms with Crippen molar-refractivity contribution in [3.63, 3.8) is 0 Å². The van der Waals surface area contributed by atoms with Crippen LogP contribution in [0.2, 0.25) is 0 Å². The van der Waals surface area contributed by atoms with Gasteiger partial charge in [-0.1, -0.05) is 0 Å². The van der Waals surface area contributed by atoms with Gasteiger partial charge in [-0.2, -0.15) is 0 Å². The Balaban J connectivity index is 3.02. The average Bonchev–Trinajstić information content (AvgIpc) is 2.16. The van der Waals surface area contributed by atoms with Gasteiger partial charge in [0.05, 0.1) is 26.0 Å². The maximum Gasteiger partial charge on any atom is 0.238 e. The molecule has 1 aromatic rings. The summed E-state index contributed by atoms with van der Waals surface area (Å²) in [4.78, 5) is 0. The fourth-order valence-electron chi connectivity index (χ4n) is 0.828. The molecule has 0 saturated heterocycles. The third-order valence-corrected chi connectivity index (χ3v) is 1.41. The Hall–Kier alpha value is -1.20. The number of aromatic nitrogens is 2. The first kappa shape index (κ1) is 8.89. The van der Waals surface area contributed by atoms with Gasteiger partial charge in [0.1, 0.15) is 0 Å². The minimum atomic E-state index is -0.190. The zero-order valence-corrected chi connectivity index (χ0v) is 6.69. The van der Waals surface area contributed by atoms with Crippen molar-refractivity contribution in [1.29, 1.82) is 0 Å². The minimum Gasteiger partial charge on any atom is -0.480 e. The number of hydrogen-bond acceptors (Lipinski definition) is 5. The molecule has 0 spiro atoms. The molecular formula is C7H10N2O3. The minimum absolute atomic E-state index is 0.175. The van der Waals surface area contributed by atoms with E-state index in [9.17, 15) is 0 Å². The molecule has 1 rings (SSSR count). The Morgan fingerprint density at radius 3 is 2.58 bits per heavy atom. The Bertz CT molecular complexity index is 265. The largest absolute Gasteiger partial charge is 0.480 e.